The minimum atomic E-state index is 1.21. The molecule has 0 nitrogen and oxygen atoms in total. The van der Waals surface area contributed by atoms with Gasteiger partial charge in [-0.15, -0.1) is 0 Å². The predicted octanol–water partition coefficient (Wildman–Crippen LogP) is 19.2. The lowest BCUT2D eigenvalue weighted by molar-refractivity contribution is 1.59. The van der Waals surface area contributed by atoms with Crippen molar-refractivity contribution >= 4 is 75.4 Å². The standard InChI is InChI=1S/C68H42/c1-3-19-43(20-4-1)47-25-11-13-31-53(47)63-41-65(61-39-45-23-7-9-27-49(45)51-29-15-17-33-55(51)61)59-38-36-58-64(54-32-14-12-26-48(54)44-21-5-2-6-22-44)42-66(60-37-35-57(63)67(59)68(58)60)62-40-46-24-8-10-28-50(46)52-30-16-18-34-56(52)62/h1-42H. The molecule has 0 radical (unpaired) electrons. The van der Waals surface area contributed by atoms with E-state index in [1.807, 2.05) is 0 Å². The molecule has 0 spiro atoms. The van der Waals surface area contributed by atoms with Crippen molar-refractivity contribution in [2.75, 3.05) is 0 Å². The SMILES string of the molecule is c1ccc(-c2ccccc2-c2cc(-c3cc4ccccc4c4ccccc34)c3ccc4c(-c5ccccc5-c5ccccc5)cc(-c5cc6ccccc6c6ccccc56)c5ccc2c3c45)cc1. The van der Waals surface area contributed by atoms with Gasteiger partial charge in [0.05, 0.1) is 0 Å². The number of hydrogen-bond donors (Lipinski definition) is 0. The van der Waals surface area contributed by atoms with Gasteiger partial charge < -0.3 is 0 Å². The predicted molar refractivity (Wildman–Crippen MR) is 293 cm³/mol. The van der Waals surface area contributed by atoms with Crippen LogP contribution < -0.4 is 0 Å². The molecule has 0 aliphatic heterocycles. The van der Waals surface area contributed by atoms with Crippen LogP contribution in [0.15, 0.2) is 255 Å². The van der Waals surface area contributed by atoms with Crippen molar-refractivity contribution in [2.45, 2.75) is 0 Å². The van der Waals surface area contributed by atoms with Gasteiger partial charge in [0.1, 0.15) is 0 Å². The van der Waals surface area contributed by atoms with Crippen molar-refractivity contribution in [1.29, 1.82) is 0 Å². The summed E-state index contributed by atoms with van der Waals surface area (Å²) < 4.78 is 0. The third kappa shape index (κ3) is 5.88. The van der Waals surface area contributed by atoms with Gasteiger partial charge >= 0.3 is 0 Å². The molecule has 0 atom stereocenters. The van der Waals surface area contributed by atoms with Crippen LogP contribution in [0, 0.1) is 0 Å². The summed E-state index contributed by atoms with van der Waals surface area (Å²) in [6, 6.07) is 95.0. The van der Waals surface area contributed by atoms with E-state index in [1.54, 1.807) is 0 Å². The quantitative estimate of drug-likeness (QED) is 0.146. The summed E-state index contributed by atoms with van der Waals surface area (Å²) in [5.74, 6) is 0. The maximum Gasteiger partial charge on any atom is -0.00139 e. The van der Waals surface area contributed by atoms with E-state index < -0.39 is 0 Å². The van der Waals surface area contributed by atoms with E-state index in [0.717, 1.165) is 0 Å². The fourth-order valence-corrected chi connectivity index (χ4v) is 11.6. The van der Waals surface area contributed by atoms with Gasteiger partial charge in [0.25, 0.3) is 0 Å². The molecule has 0 heteroatoms. The first kappa shape index (κ1) is 38.4. The molecule has 68 heavy (non-hydrogen) atoms. The fourth-order valence-electron chi connectivity index (χ4n) is 11.6. The van der Waals surface area contributed by atoms with Gasteiger partial charge in [-0.1, -0.05) is 231 Å². The molecule has 0 aromatic heterocycles. The Bertz CT molecular complexity index is 4010. The number of fused-ring (bicyclic) bond motifs is 6. The second-order valence-electron chi connectivity index (χ2n) is 18.2. The molecular weight excluding hydrogens is 817 g/mol. The monoisotopic (exact) mass is 858 g/mol. The van der Waals surface area contributed by atoms with Crippen molar-refractivity contribution in [1.82, 2.24) is 0 Å². The highest BCUT2D eigenvalue weighted by Crippen LogP contribution is 2.52. The van der Waals surface area contributed by atoms with Crippen LogP contribution in [0.4, 0.5) is 0 Å². The molecule has 0 saturated carbocycles. The van der Waals surface area contributed by atoms with E-state index in [1.165, 1.54) is 142 Å². The van der Waals surface area contributed by atoms with Gasteiger partial charge in [-0.25, -0.2) is 0 Å². The van der Waals surface area contributed by atoms with E-state index >= 15 is 0 Å². The van der Waals surface area contributed by atoms with Crippen LogP contribution in [0.1, 0.15) is 0 Å². The number of rotatable bonds is 6. The van der Waals surface area contributed by atoms with Crippen LogP contribution in [-0.2, 0) is 0 Å². The minimum Gasteiger partial charge on any atom is -0.0622 e. The Balaban J connectivity index is 1.19. The molecular formula is C68H42. The zero-order valence-electron chi connectivity index (χ0n) is 37.2. The Morgan fingerprint density at radius 2 is 0.426 bits per heavy atom. The summed E-state index contributed by atoms with van der Waals surface area (Å²) in [6.07, 6.45) is 0. The molecule has 0 unspecified atom stereocenters. The molecule has 0 aliphatic carbocycles. The third-order valence-corrected chi connectivity index (χ3v) is 14.6. The lowest BCUT2D eigenvalue weighted by Crippen LogP contribution is -1.96. The average molecular weight is 859 g/mol. The molecule has 0 N–H and O–H groups in total. The normalized spacial score (nSPS) is 11.8. The van der Waals surface area contributed by atoms with Crippen LogP contribution in [0.2, 0.25) is 0 Å². The van der Waals surface area contributed by atoms with Gasteiger partial charge in [-0.05, 0) is 166 Å². The molecule has 0 saturated heterocycles. The molecule has 14 rings (SSSR count). The highest BCUT2D eigenvalue weighted by atomic mass is 14.3. The van der Waals surface area contributed by atoms with Crippen LogP contribution in [-0.4, -0.2) is 0 Å². The van der Waals surface area contributed by atoms with Crippen LogP contribution in [0.25, 0.3) is 142 Å². The van der Waals surface area contributed by atoms with Crippen molar-refractivity contribution in [2.24, 2.45) is 0 Å². The average Bonchev–Trinajstić information content (AvgIpc) is 3.42. The summed E-state index contributed by atoms with van der Waals surface area (Å²) in [6.45, 7) is 0. The van der Waals surface area contributed by atoms with E-state index in [9.17, 15) is 0 Å². The zero-order chi connectivity index (χ0) is 44.7. The fraction of sp³-hybridized carbons (Fsp3) is 0. The molecule has 0 bridgehead atoms. The number of benzene rings is 14. The third-order valence-electron chi connectivity index (χ3n) is 14.6. The van der Waals surface area contributed by atoms with Gasteiger partial charge in [0.15, 0.2) is 0 Å². The van der Waals surface area contributed by atoms with Crippen molar-refractivity contribution < 1.29 is 0 Å². The van der Waals surface area contributed by atoms with Crippen LogP contribution in [0.5, 0.6) is 0 Å². The lowest BCUT2D eigenvalue weighted by atomic mass is 9.79. The Kier molecular flexibility index (Phi) is 8.69. The van der Waals surface area contributed by atoms with Crippen molar-refractivity contribution in [3.05, 3.63) is 255 Å². The van der Waals surface area contributed by atoms with Crippen molar-refractivity contribution in [3.63, 3.8) is 0 Å². The highest BCUT2D eigenvalue weighted by Gasteiger charge is 2.24. The second kappa shape index (κ2) is 15.4. The molecule has 0 amide bonds. The van der Waals surface area contributed by atoms with Gasteiger partial charge in [-0.2, -0.15) is 0 Å². The molecule has 314 valence electrons. The maximum atomic E-state index is 2.50. The summed E-state index contributed by atoms with van der Waals surface area (Å²) in [7, 11) is 0. The largest absolute Gasteiger partial charge is 0.0622 e. The van der Waals surface area contributed by atoms with Crippen molar-refractivity contribution in [3.8, 4) is 66.8 Å². The molecule has 14 aromatic carbocycles. The second-order valence-corrected chi connectivity index (χ2v) is 18.2. The van der Waals surface area contributed by atoms with E-state index in [0.29, 0.717) is 0 Å². The molecule has 0 fully saturated rings. The topological polar surface area (TPSA) is 0 Å². The first-order valence-corrected chi connectivity index (χ1v) is 23.7. The van der Waals surface area contributed by atoms with Gasteiger partial charge in [0, 0.05) is 0 Å². The highest BCUT2D eigenvalue weighted by molar-refractivity contribution is 6.34. The summed E-state index contributed by atoms with van der Waals surface area (Å²) in [4.78, 5) is 0. The maximum absolute atomic E-state index is 2.50. The van der Waals surface area contributed by atoms with E-state index in [-0.39, 0.29) is 0 Å². The first-order valence-electron chi connectivity index (χ1n) is 23.7. The van der Waals surface area contributed by atoms with Crippen LogP contribution >= 0.6 is 0 Å². The minimum absolute atomic E-state index is 1.21. The zero-order valence-corrected chi connectivity index (χ0v) is 37.2. The number of hydrogen-bond acceptors (Lipinski definition) is 0. The first-order chi connectivity index (χ1) is 33.8. The Hall–Kier alpha value is -8.84. The Labute approximate surface area is 395 Å². The Morgan fingerprint density at radius 3 is 0.824 bits per heavy atom. The van der Waals surface area contributed by atoms with E-state index in [4.69, 9.17) is 0 Å². The van der Waals surface area contributed by atoms with Crippen LogP contribution in [0.3, 0.4) is 0 Å². The van der Waals surface area contributed by atoms with Gasteiger partial charge in [0.2, 0.25) is 0 Å². The van der Waals surface area contributed by atoms with Gasteiger partial charge in [-0.3, -0.25) is 0 Å². The lowest BCUT2D eigenvalue weighted by Gasteiger charge is -2.24. The summed E-state index contributed by atoms with van der Waals surface area (Å²) >= 11 is 0. The molecule has 0 aliphatic rings. The summed E-state index contributed by atoms with van der Waals surface area (Å²) in [5.41, 5.74) is 14.7. The van der Waals surface area contributed by atoms with E-state index in [2.05, 4.69) is 255 Å². The molecule has 14 aromatic rings. The Morgan fingerprint density at radius 1 is 0.147 bits per heavy atom. The smallest absolute Gasteiger partial charge is 0.00139 e. The summed E-state index contributed by atoms with van der Waals surface area (Å²) in [5, 5.41) is 17.6. The molecule has 0 heterocycles.